The standard InChI is InChI=1S/C10H12N4O2/c11-8(9(12)10(15)16)5-1-2-6-7(3-5)14-4-13-6/h1-4,8-9H,11-12H2,(H,13,14)(H,15,16). The van der Waals surface area contributed by atoms with E-state index in [0.717, 1.165) is 11.0 Å². The third-order valence-electron chi connectivity index (χ3n) is 2.50. The van der Waals surface area contributed by atoms with Crippen LogP contribution in [0, 0.1) is 0 Å². The number of nitrogens with zero attached hydrogens (tertiary/aromatic N) is 1. The molecule has 1 aromatic carbocycles. The minimum atomic E-state index is -1.11. The Bertz CT molecular complexity index is 522. The molecule has 0 saturated heterocycles. The summed E-state index contributed by atoms with van der Waals surface area (Å²) in [5.41, 5.74) is 13.5. The number of carboxylic acid groups (broad SMARTS) is 1. The summed E-state index contributed by atoms with van der Waals surface area (Å²) in [6, 6.07) is 3.42. The number of carboxylic acids is 1. The first-order valence-corrected chi connectivity index (χ1v) is 4.76. The molecular formula is C10H12N4O2. The Kier molecular flexibility index (Phi) is 2.59. The normalized spacial score (nSPS) is 14.9. The molecule has 0 spiro atoms. The summed E-state index contributed by atoms with van der Waals surface area (Å²) in [5.74, 6) is -1.11. The van der Waals surface area contributed by atoms with Crippen LogP contribution in [0.1, 0.15) is 11.6 Å². The van der Waals surface area contributed by atoms with Gasteiger partial charge in [0.25, 0.3) is 0 Å². The zero-order valence-electron chi connectivity index (χ0n) is 8.42. The zero-order chi connectivity index (χ0) is 11.7. The van der Waals surface area contributed by atoms with Gasteiger partial charge in [-0.1, -0.05) is 6.07 Å². The summed E-state index contributed by atoms with van der Waals surface area (Å²) in [6.07, 6.45) is 1.57. The van der Waals surface area contributed by atoms with E-state index in [1.807, 2.05) is 0 Å². The van der Waals surface area contributed by atoms with Crippen LogP contribution < -0.4 is 11.5 Å². The van der Waals surface area contributed by atoms with E-state index in [1.54, 1.807) is 24.5 Å². The minimum absolute atomic E-state index is 0.673. The number of aliphatic carboxylic acids is 1. The first-order valence-electron chi connectivity index (χ1n) is 4.76. The summed E-state index contributed by atoms with van der Waals surface area (Å²) in [6.45, 7) is 0. The SMILES string of the molecule is NC(C(=O)O)C(N)c1ccc2nc[nH]c2c1. The van der Waals surface area contributed by atoms with Gasteiger partial charge in [-0.3, -0.25) is 4.79 Å². The Morgan fingerprint density at radius 2 is 2.19 bits per heavy atom. The molecule has 2 aromatic rings. The average molecular weight is 220 g/mol. The van der Waals surface area contributed by atoms with Crippen LogP contribution in [0.3, 0.4) is 0 Å². The summed E-state index contributed by atoms with van der Waals surface area (Å²) in [5, 5.41) is 8.76. The van der Waals surface area contributed by atoms with Crippen molar-refractivity contribution in [1.29, 1.82) is 0 Å². The van der Waals surface area contributed by atoms with E-state index in [-0.39, 0.29) is 0 Å². The van der Waals surface area contributed by atoms with Crippen LogP contribution in [0.5, 0.6) is 0 Å². The number of nitrogens with two attached hydrogens (primary N) is 2. The predicted octanol–water partition coefficient (Wildman–Crippen LogP) is -0.0254. The molecule has 6 nitrogen and oxygen atoms in total. The fourth-order valence-electron chi connectivity index (χ4n) is 1.52. The van der Waals surface area contributed by atoms with Crippen LogP contribution in [0.4, 0.5) is 0 Å². The van der Waals surface area contributed by atoms with Crippen molar-refractivity contribution >= 4 is 17.0 Å². The zero-order valence-corrected chi connectivity index (χ0v) is 8.42. The summed E-state index contributed by atoms with van der Waals surface area (Å²) in [4.78, 5) is 17.7. The summed E-state index contributed by atoms with van der Waals surface area (Å²) >= 11 is 0. The summed E-state index contributed by atoms with van der Waals surface area (Å²) in [7, 11) is 0. The molecule has 0 radical (unpaired) electrons. The van der Waals surface area contributed by atoms with Gasteiger partial charge in [-0.2, -0.15) is 0 Å². The molecule has 0 aliphatic carbocycles. The van der Waals surface area contributed by atoms with E-state index < -0.39 is 18.1 Å². The van der Waals surface area contributed by atoms with Crippen LogP contribution in [-0.2, 0) is 4.79 Å². The first kappa shape index (κ1) is 10.6. The topological polar surface area (TPSA) is 118 Å². The average Bonchev–Trinajstić information content (AvgIpc) is 2.73. The molecule has 0 saturated carbocycles. The van der Waals surface area contributed by atoms with Gasteiger partial charge in [0.05, 0.1) is 23.4 Å². The molecule has 2 unspecified atom stereocenters. The van der Waals surface area contributed by atoms with Gasteiger partial charge in [0.1, 0.15) is 6.04 Å². The predicted molar refractivity (Wildman–Crippen MR) is 58.6 cm³/mol. The molecule has 0 fully saturated rings. The van der Waals surface area contributed by atoms with E-state index >= 15 is 0 Å². The Labute approximate surface area is 91.3 Å². The quantitative estimate of drug-likeness (QED) is 0.579. The lowest BCUT2D eigenvalue weighted by Gasteiger charge is -2.16. The molecule has 6 N–H and O–H groups in total. The lowest BCUT2D eigenvalue weighted by atomic mass is 10.0. The van der Waals surface area contributed by atoms with E-state index in [2.05, 4.69) is 9.97 Å². The molecule has 0 amide bonds. The molecule has 0 aliphatic heterocycles. The maximum atomic E-state index is 10.7. The van der Waals surface area contributed by atoms with Gasteiger partial charge in [0.15, 0.2) is 0 Å². The van der Waals surface area contributed by atoms with Gasteiger partial charge in [-0.05, 0) is 17.7 Å². The summed E-state index contributed by atoms with van der Waals surface area (Å²) < 4.78 is 0. The van der Waals surface area contributed by atoms with Gasteiger partial charge in [0.2, 0.25) is 0 Å². The van der Waals surface area contributed by atoms with E-state index in [9.17, 15) is 4.79 Å². The second-order valence-corrected chi connectivity index (χ2v) is 3.57. The number of nitrogens with one attached hydrogen (secondary N) is 1. The van der Waals surface area contributed by atoms with Gasteiger partial charge < -0.3 is 21.6 Å². The van der Waals surface area contributed by atoms with E-state index in [4.69, 9.17) is 16.6 Å². The number of hydrogen-bond donors (Lipinski definition) is 4. The van der Waals surface area contributed by atoms with Crippen molar-refractivity contribution in [1.82, 2.24) is 9.97 Å². The molecular weight excluding hydrogens is 208 g/mol. The van der Waals surface area contributed by atoms with Gasteiger partial charge >= 0.3 is 5.97 Å². The second-order valence-electron chi connectivity index (χ2n) is 3.57. The third-order valence-corrected chi connectivity index (χ3v) is 2.50. The van der Waals surface area contributed by atoms with E-state index in [1.165, 1.54) is 0 Å². The van der Waals surface area contributed by atoms with Crippen LogP contribution >= 0.6 is 0 Å². The Morgan fingerprint density at radius 3 is 2.88 bits per heavy atom. The molecule has 16 heavy (non-hydrogen) atoms. The van der Waals surface area contributed by atoms with Crippen LogP contribution in [0.25, 0.3) is 11.0 Å². The van der Waals surface area contributed by atoms with Crippen molar-refractivity contribution in [3.63, 3.8) is 0 Å². The molecule has 0 aliphatic rings. The third kappa shape index (κ3) is 1.75. The fourth-order valence-corrected chi connectivity index (χ4v) is 1.52. The maximum Gasteiger partial charge on any atom is 0.322 e. The highest BCUT2D eigenvalue weighted by molar-refractivity contribution is 5.77. The number of fused-ring (bicyclic) bond motifs is 1. The minimum Gasteiger partial charge on any atom is -0.480 e. The number of rotatable bonds is 3. The molecule has 0 bridgehead atoms. The van der Waals surface area contributed by atoms with Crippen molar-refractivity contribution in [2.45, 2.75) is 12.1 Å². The smallest absolute Gasteiger partial charge is 0.322 e. The second kappa shape index (κ2) is 3.92. The first-order chi connectivity index (χ1) is 7.59. The Morgan fingerprint density at radius 1 is 1.44 bits per heavy atom. The molecule has 2 rings (SSSR count). The molecule has 84 valence electrons. The number of H-pyrrole nitrogens is 1. The monoisotopic (exact) mass is 220 g/mol. The highest BCUT2D eigenvalue weighted by atomic mass is 16.4. The van der Waals surface area contributed by atoms with Crippen molar-refractivity contribution in [3.05, 3.63) is 30.1 Å². The van der Waals surface area contributed by atoms with Crippen molar-refractivity contribution < 1.29 is 9.90 Å². The number of carbonyl (C=O) groups is 1. The molecule has 1 aromatic heterocycles. The van der Waals surface area contributed by atoms with Gasteiger partial charge in [0, 0.05) is 0 Å². The number of benzene rings is 1. The lowest BCUT2D eigenvalue weighted by Crippen LogP contribution is -2.40. The fraction of sp³-hybridized carbons (Fsp3) is 0.200. The molecule has 6 heteroatoms. The number of imidazole rings is 1. The van der Waals surface area contributed by atoms with Gasteiger partial charge in [-0.15, -0.1) is 0 Å². The van der Waals surface area contributed by atoms with Crippen LogP contribution in [0.15, 0.2) is 24.5 Å². The molecule has 1 heterocycles. The van der Waals surface area contributed by atoms with Gasteiger partial charge in [-0.25, -0.2) is 4.98 Å². The molecule has 2 atom stereocenters. The lowest BCUT2D eigenvalue weighted by molar-refractivity contribution is -0.139. The Balaban J connectivity index is 2.35. The number of hydrogen-bond acceptors (Lipinski definition) is 4. The van der Waals surface area contributed by atoms with Crippen LogP contribution in [-0.4, -0.2) is 27.1 Å². The largest absolute Gasteiger partial charge is 0.480 e. The highest BCUT2D eigenvalue weighted by Gasteiger charge is 2.22. The van der Waals surface area contributed by atoms with Crippen LogP contribution in [0.2, 0.25) is 0 Å². The van der Waals surface area contributed by atoms with Crippen molar-refractivity contribution in [2.24, 2.45) is 11.5 Å². The van der Waals surface area contributed by atoms with Crippen molar-refractivity contribution in [3.8, 4) is 0 Å². The maximum absolute atomic E-state index is 10.7. The highest BCUT2D eigenvalue weighted by Crippen LogP contribution is 2.18. The number of aromatic amines is 1. The number of aromatic nitrogens is 2. The van der Waals surface area contributed by atoms with E-state index in [0.29, 0.717) is 5.56 Å². The van der Waals surface area contributed by atoms with Crippen molar-refractivity contribution in [2.75, 3.05) is 0 Å². The Hall–Kier alpha value is -1.92.